The van der Waals surface area contributed by atoms with Crippen LogP contribution in [0.1, 0.15) is 22.5 Å². The van der Waals surface area contributed by atoms with Gasteiger partial charge in [0.05, 0.1) is 16.3 Å². The molecule has 0 atom stereocenters. The Hall–Kier alpha value is -3.10. The summed E-state index contributed by atoms with van der Waals surface area (Å²) in [4.78, 5) is 21.9. The molecule has 1 N–H and O–H groups in total. The fraction of sp³-hybridized carbons (Fsp3) is 0.143. The molecule has 0 bridgehead atoms. The van der Waals surface area contributed by atoms with Crippen molar-refractivity contribution in [3.05, 3.63) is 70.1 Å². The highest BCUT2D eigenvalue weighted by molar-refractivity contribution is 7.14. The van der Waals surface area contributed by atoms with Gasteiger partial charge in [-0.2, -0.15) is 5.10 Å². The van der Waals surface area contributed by atoms with Gasteiger partial charge in [0.1, 0.15) is 22.9 Å². The van der Waals surface area contributed by atoms with E-state index in [1.54, 1.807) is 46.6 Å². The van der Waals surface area contributed by atoms with Crippen LogP contribution in [0.15, 0.2) is 48.0 Å². The molecule has 4 aromatic rings. The highest BCUT2D eigenvalue weighted by Gasteiger charge is 2.29. The van der Waals surface area contributed by atoms with Crippen LogP contribution in [0.5, 0.6) is 0 Å². The molecule has 0 aliphatic carbocycles. The lowest BCUT2D eigenvalue weighted by Gasteiger charge is -2.06. The van der Waals surface area contributed by atoms with Gasteiger partial charge in [0.15, 0.2) is 5.13 Å². The normalized spacial score (nSPS) is 12.7. The van der Waals surface area contributed by atoms with Crippen molar-refractivity contribution in [1.82, 2.24) is 19.7 Å². The standard InChI is InChI=1S/C21H15ClFN5OS/c22-13-6-3-9-24-19(13)15-11-30-21(25-15)26-20(29)17-16-8-4-10-28(16)27-18(17)12-5-1-2-7-14(12)23/h1-3,5-7,9,11H,4,8,10H2,(H,25,26,29). The number of pyridine rings is 1. The molecule has 0 radical (unpaired) electrons. The molecule has 30 heavy (non-hydrogen) atoms. The first-order valence-electron chi connectivity index (χ1n) is 9.34. The van der Waals surface area contributed by atoms with E-state index in [2.05, 4.69) is 20.4 Å². The Labute approximate surface area is 180 Å². The number of fused-ring (bicyclic) bond motifs is 1. The quantitative estimate of drug-likeness (QED) is 0.482. The largest absolute Gasteiger partial charge is 0.298 e. The number of aryl methyl sites for hydroxylation is 1. The number of aromatic nitrogens is 4. The van der Waals surface area contributed by atoms with Crippen LogP contribution >= 0.6 is 22.9 Å². The number of carbonyl (C=O) groups excluding carboxylic acids is 1. The van der Waals surface area contributed by atoms with Crippen molar-refractivity contribution in [2.24, 2.45) is 0 Å². The third-order valence-electron chi connectivity index (χ3n) is 4.92. The van der Waals surface area contributed by atoms with Crippen LogP contribution in [0.4, 0.5) is 9.52 Å². The third-order valence-corrected chi connectivity index (χ3v) is 5.99. The summed E-state index contributed by atoms with van der Waals surface area (Å²) in [5, 5.41) is 10.0. The number of hydrogen-bond acceptors (Lipinski definition) is 5. The first-order valence-corrected chi connectivity index (χ1v) is 10.6. The molecule has 1 aliphatic heterocycles. The molecule has 9 heteroatoms. The van der Waals surface area contributed by atoms with Gasteiger partial charge < -0.3 is 0 Å². The minimum Gasteiger partial charge on any atom is -0.298 e. The number of halogens is 2. The molecule has 0 fully saturated rings. The van der Waals surface area contributed by atoms with Gasteiger partial charge in [-0.1, -0.05) is 23.7 Å². The molecule has 4 heterocycles. The maximum atomic E-state index is 14.4. The van der Waals surface area contributed by atoms with E-state index in [-0.39, 0.29) is 5.91 Å². The molecule has 1 aliphatic rings. The van der Waals surface area contributed by atoms with E-state index in [0.717, 1.165) is 18.5 Å². The lowest BCUT2D eigenvalue weighted by atomic mass is 10.0. The summed E-state index contributed by atoms with van der Waals surface area (Å²) >= 11 is 7.46. The second kappa shape index (κ2) is 7.62. The predicted octanol–water partition coefficient (Wildman–Crippen LogP) is 5.06. The Balaban J connectivity index is 1.49. The first kappa shape index (κ1) is 18.9. The maximum absolute atomic E-state index is 14.4. The van der Waals surface area contributed by atoms with Crippen LogP contribution in [0, 0.1) is 5.82 Å². The average molecular weight is 440 g/mol. The van der Waals surface area contributed by atoms with Crippen LogP contribution in [-0.4, -0.2) is 25.7 Å². The van der Waals surface area contributed by atoms with E-state index >= 15 is 0 Å². The Morgan fingerprint density at radius 3 is 2.90 bits per heavy atom. The van der Waals surface area contributed by atoms with Crippen molar-refractivity contribution < 1.29 is 9.18 Å². The lowest BCUT2D eigenvalue weighted by molar-refractivity contribution is 0.102. The molecule has 6 nitrogen and oxygen atoms in total. The summed E-state index contributed by atoms with van der Waals surface area (Å²) in [7, 11) is 0. The van der Waals surface area contributed by atoms with Gasteiger partial charge in [-0.25, -0.2) is 9.37 Å². The Morgan fingerprint density at radius 2 is 2.07 bits per heavy atom. The van der Waals surface area contributed by atoms with Crippen molar-refractivity contribution in [3.8, 4) is 22.6 Å². The van der Waals surface area contributed by atoms with Gasteiger partial charge in [0, 0.05) is 23.7 Å². The molecule has 1 amide bonds. The molecule has 0 spiro atoms. The van der Waals surface area contributed by atoms with E-state index in [1.165, 1.54) is 17.4 Å². The smallest absolute Gasteiger partial charge is 0.261 e. The number of anilines is 1. The minimum atomic E-state index is -0.412. The number of rotatable bonds is 4. The number of thiazole rings is 1. The van der Waals surface area contributed by atoms with E-state index in [0.29, 0.717) is 44.9 Å². The highest BCUT2D eigenvalue weighted by atomic mass is 35.5. The molecule has 0 unspecified atom stereocenters. The first-order chi connectivity index (χ1) is 14.6. The van der Waals surface area contributed by atoms with Gasteiger partial charge in [0.2, 0.25) is 0 Å². The molecule has 3 aromatic heterocycles. The molecular weight excluding hydrogens is 425 g/mol. The molecule has 0 saturated carbocycles. The molecule has 0 saturated heterocycles. The van der Waals surface area contributed by atoms with Gasteiger partial charge in [-0.15, -0.1) is 11.3 Å². The molecular formula is C21H15ClFN5OS. The summed E-state index contributed by atoms with van der Waals surface area (Å²) in [5.74, 6) is -0.769. The summed E-state index contributed by atoms with van der Waals surface area (Å²) in [6, 6.07) is 9.82. The Morgan fingerprint density at radius 1 is 1.20 bits per heavy atom. The Bertz CT molecular complexity index is 1270. The van der Waals surface area contributed by atoms with Crippen LogP contribution < -0.4 is 5.32 Å². The van der Waals surface area contributed by atoms with Gasteiger partial charge in [-0.3, -0.25) is 19.8 Å². The van der Waals surface area contributed by atoms with Crippen LogP contribution in [0.25, 0.3) is 22.6 Å². The summed E-state index contributed by atoms with van der Waals surface area (Å²) in [6.07, 6.45) is 3.26. The number of amides is 1. The van der Waals surface area contributed by atoms with Crippen LogP contribution in [-0.2, 0) is 13.0 Å². The van der Waals surface area contributed by atoms with E-state index in [1.807, 2.05) is 0 Å². The maximum Gasteiger partial charge on any atom is 0.261 e. The predicted molar refractivity (Wildman–Crippen MR) is 114 cm³/mol. The van der Waals surface area contributed by atoms with Crippen molar-refractivity contribution in [3.63, 3.8) is 0 Å². The van der Waals surface area contributed by atoms with Gasteiger partial charge in [0.25, 0.3) is 5.91 Å². The van der Waals surface area contributed by atoms with E-state index < -0.39 is 5.82 Å². The number of nitrogens with one attached hydrogen (secondary N) is 1. The SMILES string of the molecule is O=C(Nc1nc(-c2ncccc2Cl)cs1)c1c(-c2ccccc2F)nn2c1CCC2. The topological polar surface area (TPSA) is 72.7 Å². The fourth-order valence-corrected chi connectivity index (χ4v) is 4.49. The second-order valence-electron chi connectivity index (χ2n) is 6.80. The summed E-state index contributed by atoms with van der Waals surface area (Å²) in [5.41, 5.74) is 3.00. The number of hydrogen-bond donors (Lipinski definition) is 1. The van der Waals surface area contributed by atoms with Crippen molar-refractivity contribution >= 4 is 34.0 Å². The van der Waals surface area contributed by atoms with Crippen molar-refractivity contribution in [1.29, 1.82) is 0 Å². The zero-order chi connectivity index (χ0) is 20.7. The van der Waals surface area contributed by atoms with Gasteiger partial charge >= 0.3 is 0 Å². The second-order valence-corrected chi connectivity index (χ2v) is 8.07. The van der Waals surface area contributed by atoms with E-state index in [4.69, 9.17) is 11.6 Å². The van der Waals surface area contributed by atoms with Crippen molar-refractivity contribution in [2.45, 2.75) is 19.4 Å². The monoisotopic (exact) mass is 439 g/mol. The van der Waals surface area contributed by atoms with Gasteiger partial charge in [-0.05, 0) is 37.1 Å². The lowest BCUT2D eigenvalue weighted by Crippen LogP contribution is -2.14. The number of benzene rings is 1. The molecule has 5 rings (SSSR count). The molecule has 1 aromatic carbocycles. The molecule has 150 valence electrons. The summed E-state index contributed by atoms with van der Waals surface area (Å²) < 4.78 is 16.2. The zero-order valence-corrected chi connectivity index (χ0v) is 17.2. The van der Waals surface area contributed by atoms with Crippen molar-refractivity contribution in [2.75, 3.05) is 5.32 Å². The fourth-order valence-electron chi connectivity index (χ4n) is 3.59. The highest BCUT2D eigenvalue weighted by Crippen LogP contribution is 2.33. The zero-order valence-electron chi connectivity index (χ0n) is 15.6. The number of carbonyl (C=O) groups is 1. The van der Waals surface area contributed by atoms with E-state index in [9.17, 15) is 9.18 Å². The van der Waals surface area contributed by atoms with Crippen LogP contribution in [0.3, 0.4) is 0 Å². The Kier molecular flexibility index (Phi) is 4.80. The third kappa shape index (κ3) is 3.28. The summed E-state index contributed by atoms with van der Waals surface area (Å²) in [6.45, 7) is 0.712. The number of nitrogens with zero attached hydrogens (tertiary/aromatic N) is 4. The average Bonchev–Trinajstić information content (AvgIpc) is 3.44. The minimum absolute atomic E-state index is 0.310. The van der Waals surface area contributed by atoms with Crippen LogP contribution in [0.2, 0.25) is 5.02 Å².